The number of halogens is 1. The van der Waals surface area contributed by atoms with E-state index in [2.05, 4.69) is 25.8 Å². The second-order valence-electron chi connectivity index (χ2n) is 4.98. The lowest BCUT2D eigenvalue weighted by atomic mass is 9.84. The number of nitrogens with two attached hydrogens (primary N) is 1. The molecule has 3 heteroatoms. The topological polar surface area (TPSA) is 38.9 Å². The molecule has 84 valence electrons. The average Bonchev–Trinajstić information content (AvgIpc) is 2.14. The van der Waals surface area contributed by atoms with Crippen LogP contribution in [0.1, 0.15) is 32.8 Å². The Bertz CT molecular complexity index is 318. The normalized spacial score (nSPS) is 13.9. The highest BCUT2D eigenvalue weighted by molar-refractivity contribution is 5.12. The molecule has 0 spiro atoms. The summed E-state index contributed by atoms with van der Waals surface area (Å²) in [4.78, 5) is 3.71. The average molecular weight is 210 g/mol. The molecule has 0 fully saturated rings. The van der Waals surface area contributed by atoms with Crippen LogP contribution in [0.3, 0.4) is 0 Å². The van der Waals surface area contributed by atoms with Crippen LogP contribution in [0.5, 0.6) is 0 Å². The van der Waals surface area contributed by atoms with E-state index in [0.717, 1.165) is 6.42 Å². The van der Waals surface area contributed by atoms with Crippen molar-refractivity contribution in [3.05, 3.63) is 29.8 Å². The SMILES string of the molecule is CC(C)(C)C(N)CCc1ccncc1F. The summed E-state index contributed by atoms with van der Waals surface area (Å²) in [7, 11) is 0. The van der Waals surface area contributed by atoms with Crippen molar-refractivity contribution in [2.45, 2.75) is 39.7 Å². The molecule has 1 heterocycles. The van der Waals surface area contributed by atoms with Crippen LogP contribution in [0.2, 0.25) is 0 Å². The van der Waals surface area contributed by atoms with Crippen molar-refractivity contribution < 1.29 is 4.39 Å². The predicted octanol–water partition coefficient (Wildman–Crippen LogP) is 2.53. The Labute approximate surface area is 90.7 Å². The summed E-state index contributed by atoms with van der Waals surface area (Å²) in [6.07, 6.45) is 4.33. The third-order valence-electron chi connectivity index (χ3n) is 2.69. The van der Waals surface area contributed by atoms with Gasteiger partial charge in [-0.2, -0.15) is 0 Å². The Morgan fingerprint density at radius 3 is 2.67 bits per heavy atom. The lowest BCUT2D eigenvalue weighted by molar-refractivity contribution is 0.305. The largest absolute Gasteiger partial charge is 0.327 e. The van der Waals surface area contributed by atoms with Gasteiger partial charge >= 0.3 is 0 Å². The van der Waals surface area contributed by atoms with E-state index in [9.17, 15) is 4.39 Å². The maximum atomic E-state index is 13.2. The van der Waals surface area contributed by atoms with Crippen molar-refractivity contribution in [2.24, 2.45) is 11.1 Å². The third-order valence-corrected chi connectivity index (χ3v) is 2.69. The Balaban J connectivity index is 2.55. The van der Waals surface area contributed by atoms with Gasteiger partial charge < -0.3 is 5.73 Å². The maximum absolute atomic E-state index is 13.2. The van der Waals surface area contributed by atoms with Crippen LogP contribution in [0.4, 0.5) is 4.39 Å². The van der Waals surface area contributed by atoms with Gasteiger partial charge in [0.1, 0.15) is 5.82 Å². The van der Waals surface area contributed by atoms with E-state index in [1.807, 2.05) is 0 Å². The molecule has 0 radical (unpaired) electrons. The first-order chi connectivity index (χ1) is 6.91. The Hall–Kier alpha value is -0.960. The molecule has 0 saturated carbocycles. The summed E-state index contributed by atoms with van der Waals surface area (Å²) in [5, 5.41) is 0. The molecule has 0 aliphatic rings. The summed E-state index contributed by atoms with van der Waals surface area (Å²) in [5.41, 5.74) is 6.78. The molecule has 1 rings (SSSR count). The number of rotatable bonds is 3. The van der Waals surface area contributed by atoms with Crippen LogP contribution in [0, 0.1) is 11.2 Å². The molecule has 0 bridgehead atoms. The first-order valence-corrected chi connectivity index (χ1v) is 5.25. The summed E-state index contributed by atoms with van der Waals surface area (Å²) in [6.45, 7) is 6.29. The molecule has 2 nitrogen and oxygen atoms in total. The van der Waals surface area contributed by atoms with Crippen LogP contribution in [0.15, 0.2) is 18.5 Å². The molecule has 0 amide bonds. The van der Waals surface area contributed by atoms with Gasteiger partial charge in [0.25, 0.3) is 0 Å². The molecular formula is C12H19FN2. The molecule has 1 unspecified atom stereocenters. The number of hydrogen-bond donors (Lipinski definition) is 1. The Morgan fingerprint density at radius 2 is 2.13 bits per heavy atom. The standard InChI is InChI=1S/C12H19FN2/c1-12(2,3)11(14)5-4-9-6-7-15-8-10(9)13/h6-8,11H,4-5,14H2,1-3H3. The van der Waals surface area contributed by atoms with E-state index in [0.29, 0.717) is 12.0 Å². The minimum absolute atomic E-state index is 0.0729. The van der Waals surface area contributed by atoms with E-state index < -0.39 is 0 Å². The molecule has 1 atom stereocenters. The van der Waals surface area contributed by atoms with Crippen LogP contribution >= 0.6 is 0 Å². The minimum Gasteiger partial charge on any atom is -0.327 e. The van der Waals surface area contributed by atoms with Crippen molar-refractivity contribution in [3.63, 3.8) is 0 Å². The number of nitrogens with zero attached hydrogens (tertiary/aromatic N) is 1. The van der Waals surface area contributed by atoms with Gasteiger partial charge in [-0.15, -0.1) is 0 Å². The van der Waals surface area contributed by atoms with Crippen molar-refractivity contribution in [1.29, 1.82) is 0 Å². The Kier molecular flexibility index (Phi) is 3.80. The van der Waals surface area contributed by atoms with Gasteiger partial charge in [-0.25, -0.2) is 4.39 Å². The van der Waals surface area contributed by atoms with Crippen LogP contribution in [0.25, 0.3) is 0 Å². The smallest absolute Gasteiger partial charge is 0.144 e. The molecule has 15 heavy (non-hydrogen) atoms. The fourth-order valence-corrected chi connectivity index (χ4v) is 1.35. The summed E-state index contributed by atoms with van der Waals surface area (Å²) >= 11 is 0. The van der Waals surface area contributed by atoms with E-state index in [4.69, 9.17) is 5.73 Å². The van der Waals surface area contributed by atoms with Gasteiger partial charge in [-0.05, 0) is 29.9 Å². The third kappa shape index (κ3) is 3.59. The highest BCUT2D eigenvalue weighted by Gasteiger charge is 2.20. The monoisotopic (exact) mass is 210 g/mol. The molecule has 0 aliphatic carbocycles. The summed E-state index contributed by atoms with van der Waals surface area (Å²) in [6, 6.07) is 1.80. The first kappa shape index (κ1) is 12.1. The Morgan fingerprint density at radius 1 is 1.47 bits per heavy atom. The number of hydrogen-bond acceptors (Lipinski definition) is 2. The van der Waals surface area contributed by atoms with Crippen LogP contribution < -0.4 is 5.73 Å². The van der Waals surface area contributed by atoms with E-state index >= 15 is 0 Å². The highest BCUT2D eigenvalue weighted by Crippen LogP contribution is 2.21. The fraction of sp³-hybridized carbons (Fsp3) is 0.583. The van der Waals surface area contributed by atoms with E-state index in [-0.39, 0.29) is 17.3 Å². The molecule has 2 N–H and O–H groups in total. The quantitative estimate of drug-likeness (QED) is 0.832. The van der Waals surface area contributed by atoms with Crippen molar-refractivity contribution in [1.82, 2.24) is 4.98 Å². The van der Waals surface area contributed by atoms with Gasteiger partial charge in [0.2, 0.25) is 0 Å². The molecule has 1 aromatic rings. The molecule has 0 aromatic carbocycles. The highest BCUT2D eigenvalue weighted by atomic mass is 19.1. The lowest BCUT2D eigenvalue weighted by Crippen LogP contribution is -2.35. The maximum Gasteiger partial charge on any atom is 0.144 e. The molecular weight excluding hydrogens is 191 g/mol. The zero-order chi connectivity index (χ0) is 11.5. The van der Waals surface area contributed by atoms with E-state index in [1.165, 1.54) is 6.20 Å². The van der Waals surface area contributed by atoms with Crippen LogP contribution in [-0.2, 0) is 6.42 Å². The summed E-state index contributed by atoms with van der Waals surface area (Å²) in [5.74, 6) is -0.237. The summed E-state index contributed by atoms with van der Waals surface area (Å²) < 4.78 is 13.2. The van der Waals surface area contributed by atoms with Gasteiger partial charge in [-0.3, -0.25) is 4.98 Å². The second-order valence-corrected chi connectivity index (χ2v) is 4.98. The number of pyridine rings is 1. The van der Waals surface area contributed by atoms with Crippen molar-refractivity contribution in [3.8, 4) is 0 Å². The van der Waals surface area contributed by atoms with Gasteiger partial charge in [0, 0.05) is 12.2 Å². The van der Waals surface area contributed by atoms with Gasteiger partial charge in [-0.1, -0.05) is 20.8 Å². The number of aryl methyl sites for hydroxylation is 1. The molecule has 0 aliphatic heterocycles. The zero-order valence-electron chi connectivity index (χ0n) is 9.63. The van der Waals surface area contributed by atoms with Gasteiger partial charge in [0.15, 0.2) is 0 Å². The lowest BCUT2D eigenvalue weighted by Gasteiger charge is -2.27. The number of aromatic nitrogens is 1. The van der Waals surface area contributed by atoms with Crippen molar-refractivity contribution >= 4 is 0 Å². The van der Waals surface area contributed by atoms with E-state index in [1.54, 1.807) is 12.3 Å². The molecule has 0 saturated heterocycles. The second kappa shape index (κ2) is 4.71. The van der Waals surface area contributed by atoms with Gasteiger partial charge in [0.05, 0.1) is 6.20 Å². The van der Waals surface area contributed by atoms with Crippen LogP contribution in [-0.4, -0.2) is 11.0 Å². The molecule has 1 aromatic heterocycles. The van der Waals surface area contributed by atoms with Crippen molar-refractivity contribution in [2.75, 3.05) is 0 Å². The minimum atomic E-state index is -0.237. The fourth-order valence-electron chi connectivity index (χ4n) is 1.35. The predicted molar refractivity (Wildman–Crippen MR) is 59.9 cm³/mol. The zero-order valence-corrected chi connectivity index (χ0v) is 9.63. The first-order valence-electron chi connectivity index (χ1n) is 5.25.